The third kappa shape index (κ3) is 2.94. The van der Waals surface area contributed by atoms with E-state index in [1.54, 1.807) is 10.7 Å². The van der Waals surface area contributed by atoms with Crippen molar-refractivity contribution in [2.75, 3.05) is 27.2 Å². The standard InChI is InChI=1S/C16H22FN3O/c1-19(2)10-9-14-12-6-5-7-13(17)16(12)20(18-14)15-8-3-4-11-21-15/h5-7,15H,3-4,8-11H2,1-2H3. The first-order chi connectivity index (χ1) is 10.2. The van der Waals surface area contributed by atoms with E-state index in [0.717, 1.165) is 49.9 Å². The first-order valence-electron chi connectivity index (χ1n) is 7.59. The van der Waals surface area contributed by atoms with Gasteiger partial charge in [-0.15, -0.1) is 0 Å². The summed E-state index contributed by atoms with van der Waals surface area (Å²) in [6, 6.07) is 5.21. The minimum atomic E-state index is -0.217. The van der Waals surface area contributed by atoms with E-state index < -0.39 is 0 Å². The van der Waals surface area contributed by atoms with Gasteiger partial charge in [0.2, 0.25) is 0 Å². The topological polar surface area (TPSA) is 30.3 Å². The number of para-hydroxylation sites is 1. The van der Waals surface area contributed by atoms with Crippen LogP contribution in [-0.2, 0) is 11.2 Å². The molecule has 3 rings (SSSR count). The molecule has 0 N–H and O–H groups in total. The molecule has 1 aromatic carbocycles. The Bertz CT molecular complexity index is 617. The second kappa shape index (κ2) is 6.12. The summed E-state index contributed by atoms with van der Waals surface area (Å²) in [5, 5.41) is 5.58. The fourth-order valence-electron chi connectivity index (χ4n) is 2.85. The second-order valence-corrected chi connectivity index (χ2v) is 5.90. The third-order valence-corrected chi connectivity index (χ3v) is 3.98. The van der Waals surface area contributed by atoms with Crippen molar-refractivity contribution in [1.29, 1.82) is 0 Å². The molecule has 2 aromatic rings. The average molecular weight is 291 g/mol. The van der Waals surface area contributed by atoms with Gasteiger partial charge in [-0.1, -0.05) is 12.1 Å². The first-order valence-corrected chi connectivity index (χ1v) is 7.59. The Kier molecular flexibility index (Phi) is 4.22. The van der Waals surface area contributed by atoms with Gasteiger partial charge in [0.1, 0.15) is 11.3 Å². The lowest BCUT2D eigenvalue weighted by molar-refractivity contribution is -0.0371. The van der Waals surface area contributed by atoms with E-state index in [9.17, 15) is 4.39 Å². The molecule has 1 aliphatic heterocycles. The van der Waals surface area contributed by atoms with Crippen molar-refractivity contribution in [3.05, 3.63) is 29.7 Å². The molecule has 1 aliphatic rings. The van der Waals surface area contributed by atoms with Crippen LogP contribution in [0.25, 0.3) is 10.9 Å². The van der Waals surface area contributed by atoms with Crippen LogP contribution in [0.2, 0.25) is 0 Å². The highest BCUT2D eigenvalue weighted by molar-refractivity contribution is 5.82. The maximum atomic E-state index is 14.3. The van der Waals surface area contributed by atoms with E-state index >= 15 is 0 Å². The lowest BCUT2D eigenvalue weighted by atomic mass is 10.1. The first kappa shape index (κ1) is 14.5. The SMILES string of the molecule is CN(C)CCc1nn(C2CCCCO2)c2c(F)cccc12. The van der Waals surface area contributed by atoms with Crippen LogP contribution in [0.4, 0.5) is 4.39 Å². The fraction of sp³-hybridized carbons (Fsp3) is 0.562. The van der Waals surface area contributed by atoms with Crippen LogP contribution in [0.3, 0.4) is 0 Å². The van der Waals surface area contributed by atoms with Gasteiger partial charge >= 0.3 is 0 Å². The van der Waals surface area contributed by atoms with Crippen molar-refractivity contribution in [1.82, 2.24) is 14.7 Å². The number of benzene rings is 1. The van der Waals surface area contributed by atoms with Crippen molar-refractivity contribution in [3.8, 4) is 0 Å². The van der Waals surface area contributed by atoms with Gasteiger partial charge < -0.3 is 9.64 Å². The van der Waals surface area contributed by atoms with E-state index in [0.29, 0.717) is 5.52 Å². The smallest absolute Gasteiger partial charge is 0.150 e. The number of hydrogen-bond acceptors (Lipinski definition) is 3. The summed E-state index contributed by atoms with van der Waals surface area (Å²) in [7, 11) is 4.06. The molecule has 114 valence electrons. The van der Waals surface area contributed by atoms with Crippen molar-refractivity contribution in [3.63, 3.8) is 0 Å². The van der Waals surface area contributed by atoms with Gasteiger partial charge in [-0.2, -0.15) is 5.10 Å². The Labute approximate surface area is 124 Å². The molecule has 0 spiro atoms. The molecule has 0 bridgehead atoms. The molecule has 0 radical (unpaired) electrons. The molecule has 1 fully saturated rings. The van der Waals surface area contributed by atoms with Crippen LogP contribution in [0.1, 0.15) is 31.2 Å². The summed E-state index contributed by atoms with van der Waals surface area (Å²) in [4.78, 5) is 2.11. The van der Waals surface area contributed by atoms with Gasteiger partial charge in [0.05, 0.1) is 5.69 Å². The highest BCUT2D eigenvalue weighted by Gasteiger charge is 2.22. The van der Waals surface area contributed by atoms with Crippen molar-refractivity contribution >= 4 is 10.9 Å². The summed E-state index contributed by atoms with van der Waals surface area (Å²) >= 11 is 0. The van der Waals surface area contributed by atoms with Crippen LogP contribution in [0.15, 0.2) is 18.2 Å². The maximum Gasteiger partial charge on any atom is 0.150 e. The van der Waals surface area contributed by atoms with E-state index in [-0.39, 0.29) is 12.0 Å². The molecular formula is C16H22FN3O. The predicted molar refractivity (Wildman–Crippen MR) is 80.8 cm³/mol. The van der Waals surface area contributed by atoms with Gasteiger partial charge in [0.25, 0.3) is 0 Å². The Hall–Kier alpha value is -1.46. The molecule has 1 aromatic heterocycles. The fourth-order valence-corrected chi connectivity index (χ4v) is 2.85. The van der Waals surface area contributed by atoms with Crippen molar-refractivity contribution in [2.45, 2.75) is 31.9 Å². The number of hydrogen-bond donors (Lipinski definition) is 0. The number of rotatable bonds is 4. The van der Waals surface area contributed by atoms with E-state index in [1.807, 2.05) is 20.2 Å². The zero-order chi connectivity index (χ0) is 14.8. The predicted octanol–water partition coefficient (Wildman–Crippen LogP) is 2.98. The molecular weight excluding hydrogens is 269 g/mol. The molecule has 5 heteroatoms. The maximum absolute atomic E-state index is 14.3. The zero-order valence-electron chi connectivity index (χ0n) is 12.7. The van der Waals surface area contributed by atoms with Gasteiger partial charge in [0.15, 0.2) is 6.23 Å². The minimum absolute atomic E-state index is 0.133. The van der Waals surface area contributed by atoms with Crippen LogP contribution in [-0.4, -0.2) is 41.9 Å². The highest BCUT2D eigenvalue weighted by atomic mass is 19.1. The van der Waals surface area contributed by atoms with Gasteiger partial charge in [0, 0.05) is 25.0 Å². The summed E-state index contributed by atoms with van der Waals surface area (Å²) in [6.07, 6.45) is 3.76. The monoisotopic (exact) mass is 291 g/mol. The summed E-state index contributed by atoms with van der Waals surface area (Å²) < 4.78 is 21.8. The van der Waals surface area contributed by atoms with Crippen molar-refractivity contribution in [2.24, 2.45) is 0 Å². The molecule has 1 unspecified atom stereocenters. The highest BCUT2D eigenvalue weighted by Crippen LogP contribution is 2.29. The van der Waals surface area contributed by atoms with Crippen LogP contribution >= 0.6 is 0 Å². The summed E-state index contributed by atoms with van der Waals surface area (Å²) in [6.45, 7) is 1.63. The molecule has 0 saturated carbocycles. The summed E-state index contributed by atoms with van der Waals surface area (Å²) in [5.74, 6) is -0.217. The lowest BCUT2D eigenvalue weighted by Crippen LogP contribution is -2.20. The number of nitrogens with zero attached hydrogens (tertiary/aromatic N) is 3. The summed E-state index contributed by atoms with van der Waals surface area (Å²) in [5.41, 5.74) is 1.53. The molecule has 1 saturated heterocycles. The number of fused-ring (bicyclic) bond motifs is 1. The van der Waals surface area contributed by atoms with E-state index in [1.165, 1.54) is 6.07 Å². The van der Waals surface area contributed by atoms with Crippen molar-refractivity contribution < 1.29 is 9.13 Å². The molecule has 1 atom stereocenters. The Balaban J connectivity index is 2.02. The van der Waals surface area contributed by atoms with E-state index in [4.69, 9.17) is 4.74 Å². The molecule has 0 aliphatic carbocycles. The average Bonchev–Trinajstić information content (AvgIpc) is 2.86. The largest absolute Gasteiger partial charge is 0.356 e. The number of likely N-dealkylation sites (N-methyl/N-ethyl adjacent to an activating group) is 1. The Morgan fingerprint density at radius 2 is 2.24 bits per heavy atom. The second-order valence-electron chi connectivity index (χ2n) is 5.90. The van der Waals surface area contributed by atoms with Gasteiger partial charge in [-0.05, 0) is 39.4 Å². The number of halogens is 1. The van der Waals surface area contributed by atoms with E-state index in [2.05, 4.69) is 10.00 Å². The quantitative estimate of drug-likeness (QED) is 0.867. The Morgan fingerprint density at radius 1 is 1.38 bits per heavy atom. The van der Waals surface area contributed by atoms with Crippen LogP contribution in [0, 0.1) is 5.82 Å². The molecule has 2 heterocycles. The number of aromatic nitrogens is 2. The molecule has 0 amide bonds. The molecule has 4 nitrogen and oxygen atoms in total. The van der Waals surface area contributed by atoms with Gasteiger partial charge in [-0.25, -0.2) is 9.07 Å². The van der Waals surface area contributed by atoms with Gasteiger partial charge in [-0.3, -0.25) is 0 Å². The lowest BCUT2D eigenvalue weighted by Gasteiger charge is -2.23. The van der Waals surface area contributed by atoms with Crippen LogP contribution < -0.4 is 0 Å². The zero-order valence-corrected chi connectivity index (χ0v) is 12.7. The molecule has 21 heavy (non-hydrogen) atoms. The Morgan fingerprint density at radius 3 is 2.95 bits per heavy atom. The normalized spacial score (nSPS) is 19.5. The number of ether oxygens (including phenoxy) is 1. The minimum Gasteiger partial charge on any atom is -0.356 e. The van der Waals surface area contributed by atoms with Crippen LogP contribution in [0.5, 0.6) is 0 Å². The third-order valence-electron chi connectivity index (χ3n) is 3.98.